The first-order valence-electron chi connectivity index (χ1n) is 25.6. The summed E-state index contributed by atoms with van der Waals surface area (Å²) in [6.45, 7) is 17.4. The number of allylic oxidation sites excluding steroid dienone is 1. The molecule has 0 amide bonds. The second-order valence-corrected chi connectivity index (χ2v) is 19.6. The van der Waals surface area contributed by atoms with E-state index in [1.165, 1.54) is 48.6 Å². The van der Waals surface area contributed by atoms with E-state index in [2.05, 4.69) is 131 Å². The lowest BCUT2D eigenvalue weighted by Crippen LogP contribution is -2.20. The minimum absolute atomic E-state index is 0.147. The molecule has 10 heteroatoms. The summed E-state index contributed by atoms with van der Waals surface area (Å²) < 4.78 is 39.8. The summed E-state index contributed by atoms with van der Waals surface area (Å²) in [4.78, 5) is 17.0. The van der Waals surface area contributed by atoms with Crippen LogP contribution >= 0.6 is 0 Å². The molecule has 5 aromatic rings. The van der Waals surface area contributed by atoms with Crippen LogP contribution in [0.25, 0.3) is 0 Å². The van der Waals surface area contributed by atoms with Crippen molar-refractivity contribution in [3.05, 3.63) is 155 Å². The van der Waals surface area contributed by atoms with Crippen LogP contribution in [0.2, 0.25) is 0 Å². The molecule has 6 rings (SSSR count). The summed E-state index contributed by atoms with van der Waals surface area (Å²) in [7, 11) is 6.38. The van der Waals surface area contributed by atoms with E-state index in [-0.39, 0.29) is 28.6 Å². The SMILES string of the molecule is C1CC1.CC=CO.CCC(COc1ccc(C(C)(C)c2ccc(OCC(C)COc3ccc(C(C)(C)c4ccc(OC)cc4)cc3)cc2)cc1)CC(CCCN=Cc1ccc(OC)c(OC)c1)CC(=O)OC. The number of hydrogen-bond donors (Lipinski definition) is 1. The number of carbonyl (C=O) groups excluding carboxylic acids is 1. The van der Waals surface area contributed by atoms with E-state index in [9.17, 15) is 4.79 Å². The molecule has 0 spiro atoms. The van der Waals surface area contributed by atoms with Crippen molar-refractivity contribution >= 4 is 12.2 Å². The molecule has 0 aliphatic heterocycles. The van der Waals surface area contributed by atoms with Crippen LogP contribution in [0, 0.1) is 17.8 Å². The van der Waals surface area contributed by atoms with Crippen LogP contribution in [0.1, 0.15) is 128 Å². The number of aliphatic hydroxyl groups is 1. The molecular weight excluding hydrogens is 903 g/mol. The lowest BCUT2D eigenvalue weighted by Gasteiger charge is -2.27. The summed E-state index contributed by atoms with van der Waals surface area (Å²) >= 11 is 0. The highest BCUT2D eigenvalue weighted by Gasteiger charge is 2.25. The lowest BCUT2D eigenvalue weighted by molar-refractivity contribution is -0.142. The molecule has 0 heterocycles. The first kappa shape index (κ1) is 58.2. The summed E-state index contributed by atoms with van der Waals surface area (Å²) in [6.07, 6.45) is 12.9. The van der Waals surface area contributed by atoms with Crippen LogP contribution < -0.4 is 28.4 Å². The van der Waals surface area contributed by atoms with Crippen LogP contribution in [-0.2, 0) is 20.4 Å². The van der Waals surface area contributed by atoms with E-state index < -0.39 is 0 Å². The average molecular weight is 986 g/mol. The Morgan fingerprint density at radius 1 is 0.625 bits per heavy atom. The number of aliphatic imine (C=N–C) groups is 1. The summed E-state index contributed by atoms with van der Waals surface area (Å²) in [6, 6.07) is 39.2. The number of rotatable bonds is 26. The third-order valence-corrected chi connectivity index (χ3v) is 13.1. The predicted molar refractivity (Wildman–Crippen MR) is 293 cm³/mol. The molecule has 1 aliphatic carbocycles. The van der Waals surface area contributed by atoms with Crippen molar-refractivity contribution in [3.63, 3.8) is 0 Å². The van der Waals surface area contributed by atoms with Crippen molar-refractivity contribution in [3.8, 4) is 34.5 Å². The molecule has 5 aromatic carbocycles. The number of nitrogens with zero attached hydrogens (tertiary/aromatic N) is 1. The Morgan fingerprint density at radius 3 is 1.46 bits per heavy atom. The second kappa shape index (κ2) is 30.5. The standard InChI is InChI=1S/C56H71NO8.C3H6O.C3H6/c1-11-41(33-42(35-54(58)62-10)13-12-32-57-36-43-14-31-52(60-8)53(34-43)61-9)39-65-51-29-21-47(22-30-51)56(5,6)46-19-27-50(28-20-46)64-38-40(2)37-63-49-25-17-45(18-26-49)55(3,4)44-15-23-48(59-7)24-16-44;1-2-3-4;1-2-3-1/h14-31,34,36,40-42H,11-13,32-33,35,37-39H2,1-10H3;2-4H,1H3;1-3H2. The predicted octanol–water partition coefficient (Wildman–Crippen LogP) is 14.6. The first-order valence-corrected chi connectivity index (χ1v) is 25.6. The number of hydrogen-bond acceptors (Lipinski definition) is 10. The molecule has 10 nitrogen and oxygen atoms in total. The molecule has 0 radical (unpaired) electrons. The number of esters is 1. The molecule has 3 unspecified atom stereocenters. The van der Waals surface area contributed by atoms with Gasteiger partial charge in [-0.15, -0.1) is 0 Å². The van der Waals surface area contributed by atoms with Gasteiger partial charge in [0.25, 0.3) is 0 Å². The van der Waals surface area contributed by atoms with E-state index >= 15 is 0 Å². The van der Waals surface area contributed by atoms with Crippen molar-refractivity contribution in [2.45, 2.75) is 111 Å². The van der Waals surface area contributed by atoms with E-state index in [0.29, 0.717) is 50.2 Å². The Bertz CT molecular complexity index is 2350. The van der Waals surface area contributed by atoms with Gasteiger partial charge in [-0.3, -0.25) is 9.79 Å². The van der Waals surface area contributed by atoms with Gasteiger partial charge >= 0.3 is 5.97 Å². The minimum atomic E-state index is -0.226. The van der Waals surface area contributed by atoms with Gasteiger partial charge in [0.05, 0.1) is 54.5 Å². The van der Waals surface area contributed by atoms with Crippen LogP contribution in [0.15, 0.2) is 133 Å². The first-order chi connectivity index (χ1) is 34.7. The number of ether oxygens (including phenoxy) is 7. The van der Waals surface area contributed by atoms with E-state index in [0.717, 1.165) is 60.5 Å². The van der Waals surface area contributed by atoms with E-state index in [4.69, 9.17) is 38.3 Å². The molecule has 1 fully saturated rings. The van der Waals surface area contributed by atoms with Gasteiger partial charge in [0.1, 0.15) is 23.0 Å². The summed E-state index contributed by atoms with van der Waals surface area (Å²) in [5.74, 6) is 5.24. The van der Waals surface area contributed by atoms with Gasteiger partial charge in [0.15, 0.2) is 11.5 Å². The fraction of sp³-hybridized carbons (Fsp3) is 0.452. The molecule has 1 aliphatic rings. The maximum Gasteiger partial charge on any atom is 0.305 e. The Hall–Kier alpha value is -6.42. The third kappa shape index (κ3) is 19.3. The Labute approximate surface area is 431 Å². The molecule has 390 valence electrons. The van der Waals surface area contributed by atoms with Crippen LogP contribution in [-0.4, -0.2) is 72.1 Å². The molecule has 0 bridgehead atoms. The number of benzene rings is 5. The monoisotopic (exact) mass is 986 g/mol. The van der Waals surface area contributed by atoms with Gasteiger partial charge in [-0.25, -0.2) is 0 Å². The Morgan fingerprint density at radius 2 is 1.07 bits per heavy atom. The molecular formula is C62H83NO9. The van der Waals surface area contributed by atoms with Crippen LogP contribution in [0.3, 0.4) is 0 Å². The highest BCUT2D eigenvalue weighted by molar-refractivity contribution is 5.81. The zero-order chi connectivity index (χ0) is 52.4. The van der Waals surface area contributed by atoms with E-state index in [1.54, 1.807) is 34.3 Å². The van der Waals surface area contributed by atoms with Crippen molar-refractivity contribution < 1.29 is 43.1 Å². The summed E-state index contributed by atoms with van der Waals surface area (Å²) in [5.41, 5.74) is 5.41. The maximum absolute atomic E-state index is 12.4. The normalized spacial score (nSPS) is 13.4. The highest BCUT2D eigenvalue weighted by Crippen LogP contribution is 2.36. The largest absolute Gasteiger partial charge is 0.516 e. The van der Waals surface area contributed by atoms with Crippen LogP contribution in [0.4, 0.5) is 0 Å². The smallest absolute Gasteiger partial charge is 0.305 e. The zero-order valence-electron chi connectivity index (χ0n) is 45.1. The minimum Gasteiger partial charge on any atom is -0.516 e. The lowest BCUT2D eigenvalue weighted by atomic mass is 9.78. The Balaban J connectivity index is 0.00000149. The molecule has 0 aromatic heterocycles. The van der Waals surface area contributed by atoms with Gasteiger partial charge in [-0.05, 0) is 133 Å². The Kier molecular flexibility index (Phi) is 24.6. The molecule has 1 N–H and O–H groups in total. The summed E-state index contributed by atoms with van der Waals surface area (Å²) in [5, 5.41) is 7.69. The number of carbonyl (C=O) groups is 1. The van der Waals surface area contributed by atoms with Gasteiger partial charge in [0.2, 0.25) is 0 Å². The quantitative estimate of drug-likeness (QED) is 0.0250. The average Bonchev–Trinajstić information content (AvgIpc) is 4.31. The fourth-order valence-electron chi connectivity index (χ4n) is 8.00. The number of methoxy groups -OCH3 is 4. The van der Waals surface area contributed by atoms with Gasteiger partial charge in [0, 0.05) is 35.9 Å². The number of aliphatic hydroxyl groups excluding tert-OH is 1. The molecule has 1 saturated carbocycles. The van der Waals surface area contributed by atoms with Crippen molar-refractivity contribution in [1.82, 2.24) is 0 Å². The third-order valence-electron chi connectivity index (χ3n) is 13.1. The molecule has 72 heavy (non-hydrogen) atoms. The molecule has 0 saturated heterocycles. The molecule has 3 atom stereocenters. The van der Waals surface area contributed by atoms with Gasteiger partial charge in [-0.1, -0.05) is 122 Å². The highest BCUT2D eigenvalue weighted by atomic mass is 16.5. The van der Waals surface area contributed by atoms with Crippen molar-refractivity contribution in [1.29, 1.82) is 0 Å². The fourth-order valence-corrected chi connectivity index (χ4v) is 8.00. The van der Waals surface area contributed by atoms with Crippen LogP contribution in [0.5, 0.6) is 34.5 Å². The van der Waals surface area contributed by atoms with Gasteiger partial charge < -0.3 is 38.3 Å². The van der Waals surface area contributed by atoms with Crippen molar-refractivity contribution in [2.75, 3.05) is 54.8 Å². The van der Waals surface area contributed by atoms with E-state index in [1.807, 2.05) is 36.5 Å². The topological polar surface area (TPSA) is 114 Å². The zero-order valence-corrected chi connectivity index (χ0v) is 45.1. The van der Waals surface area contributed by atoms with Gasteiger partial charge in [-0.2, -0.15) is 0 Å². The second-order valence-electron chi connectivity index (χ2n) is 19.6. The van der Waals surface area contributed by atoms with Crippen molar-refractivity contribution in [2.24, 2.45) is 22.7 Å². The maximum atomic E-state index is 12.4.